The van der Waals surface area contributed by atoms with Gasteiger partial charge in [0.1, 0.15) is 6.54 Å². The van der Waals surface area contributed by atoms with Gasteiger partial charge in [-0.3, -0.25) is 4.79 Å². The van der Waals surface area contributed by atoms with Gasteiger partial charge in [0.15, 0.2) is 5.82 Å². The highest BCUT2D eigenvalue weighted by atomic mass is 16.5. The van der Waals surface area contributed by atoms with Crippen molar-refractivity contribution in [2.75, 3.05) is 30.4 Å². The predicted molar refractivity (Wildman–Crippen MR) is 53.6 cm³/mol. The summed E-state index contributed by atoms with van der Waals surface area (Å²) in [6.07, 6.45) is 1.51. The molecule has 0 spiro atoms. The van der Waals surface area contributed by atoms with Gasteiger partial charge in [0, 0.05) is 6.20 Å². The highest BCUT2D eigenvalue weighted by Gasteiger charge is 2.05. The van der Waals surface area contributed by atoms with Gasteiger partial charge in [0.2, 0.25) is 0 Å². The van der Waals surface area contributed by atoms with Crippen LogP contribution in [-0.4, -0.2) is 24.6 Å². The van der Waals surface area contributed by atoms with Gasteiger partial charge in [-0.05, 0) is 6.07 Å². The van der Waals surface area contributed by atoms with Crippen molar-refractivity contribution in [1.82, 2.24) is 4.98 Å². The van der Waals surface area contributed by atoms with Crippen molar-refractivity contribution in [2.24, 2.45) is 0 Å². The summed E-state index contributed by atoms with van der Waals surface area (Å²) < 4.78 is 4.44. The monoisotopic (exact) mass is 196 g/mol. The number of nitrogens with one attached hydrogen (secondary N) is 1. The number of esters is 1. The summed E-state index contributed by atoms with van der Waals surface area (Å²) in [5.41, 5.74) is 11.9. The third-order valence-electron chi connectivity index (χ3n) is 1.65. The van der Waals surface area contributed by atoms with Crippen molar-refractivity contribution >= 4 is 23.2 Å². The number of pyridine rings is 1. The molecule has 0 aliphatic rings. The molecule has 76 valence electrons. The molecule has 0 saturated carbocycles. The molecule has 6 heteroatoms. The molecule has 0 saturated heterocycles. The molecule has 6 nitrogen and oxygen atoms in total. The second-order valence-corrected chi connectivity index (χ2v) is 2.59. The molecule has 0 amide bonds. The minimum atomic E-state index is -0.395. The van der Waals surface area contributed by atoms with Crippen LogP contribution in [-0.2, 0) is 9.53 Å². The lowest BCUT2D eigenvalue weighted by atomic mass is 10.3. The maximum absolute atomic E-state index is 10.8. The van der Waals surface area contributed by atoms with Crippen molar-refractivity contribution in [3.05, 3.63) is 12.3 Å². The van der Waals surface area contributed by atoms with Crippen molar-refractivity contribution in [2.45, 2.75) is 0 Å². The first-order valence-electron chi connectivity index (χ1n) is 3.95. The maximum atomic E-state index is 10.8. The van der Waals surface area contributed by atoms with E-state index in [1.165, 1.54) is 13.3 Å². The number of carbonyl (C=O) groups excluding carboxylic acids is 1. The van der Waals surface area contributed by atoms with Gasteiger partial charge in [-0.25, -0.2) is 4.98 Å². The summed E-state index contributed by atoms with van der Waals surface area (Å²) in [6.45, 7) is 0.0111. The zero-order chi connectivity index (χ0) is 10.6. The Morgan fingerprint density at radius 3 is 3.00 bits per heavy atom. The zero-order valence-corrected chi connectivity index (χ0v) is 7.78. The van der Waals surface area contributed by atoms with Crippen molar-refractivity contribution in [1.29, 1.82) is 0 Å². The predicted octanol–water partition coefficient (Wildman–Crippen LogP) is -0.169. The Morgan fingerprint density at radius 1 is 1.64 bits per heavy atom. The van der Waals surface area contributed by atoms with E-state index in [2.05, 4.69) is 15.0 Å². The Labute approximate surface area is 81.3 Å². The summed E-state index contributed by atoms with van der Waals surface area (Å²) in [4.78, 5) is 14.7. The van der Waals surface area contributed by atoms with Gasteiger partial charge in [-0.1, -0.05) is 0 Å². The summed E-state index contributed by atoms with van der Waals surface area (Å²) >= 11 is 0. The maximum Gasteiger partial charge on any atom is 0.325 e. The van der Waals surface area contributed by atoms with Crippen molar-refractivity contribution in [3.8, 4) is 0 Å². The largest absolute Gasteiger partial charge is 0.468 e. The lowest BCUT2D eigenvalue weighted by Gasteiger charge is -2.08. The Kier molecular flexibility index (Phi) is 3.11. The van der Waals surface area contributed by atoms with E-state index in [1.807, 2.05) is 0 Å². The second-order valence-electron chi connectivity index (χ2n) is 2.59. The molecule has 1 heterocycles. The second kappa shape index (κ2) is 4.31. The third kappa shape index (κ3) is 2.25. The first kappa shape index (κ1) is 10.1. The number of nitrogens with zero attached hydrogens (tertiary/aromatic N) is 1. The van der Waals surface area contributed by atoms with Crippen molar-refractivity contribution in [3.63, 3.8) is 0 Å². The van der Waals surface area contributed by atoms with Crippen LogP contribution >= 0.6 is 0 Å². The van der Waals surface area contributed by atoms with E-state index in [0.717, 1.165) is 0 Å². The molecule has 0 unspecified atom stereocenters. The molecule has 1 aromatic heterocycles. The van der Waals surface area contributed by atoms with Crippen LogP contribution in [0.5, 0.6) is 0 Å². The van der Waals surface area contributed by atoms with Gasteiger partial charge in [-0.15, -0.1) is 0 Å². The fraction of sp³-hybridized carbons (Fsp3) is 0.250. The number of ether oxygens (including phenoxy) is 1. The first-order chi connectivity index (χ1) is 6.65. The van der Waals surface area contributed by atoms with E-state index in [0.29, 0.717) is 17.2 Å². The molecular weight excluding hydrogens is 184 g/mol. The number of hydrogen-bond acceptors (Lipinski definition) is 6. The van der Waals surface area contributed by atoms with Gasteiger partial charge in [0.05, 0.1) is 18.5 Å². The molecule has 0 atom stereocenters. The van der Waals surface area contributed by atoms with E-state index in [4.69, 9.17) is 11.5 Å². The van der Waals surface area contributed by atoms with Crippen LogP contribution in [0.4, 0.5) is 17.2 Å². The number of hydrogen-bond donors (Lipinski definition) is 3. The number of methoxy groups -OCH3 is 1. The number of anilines is 3. The molecule has 0 aliphatic carbocycles. The lowest BCUT2D eigenvalue weighted by Crippen LogP contribution is -2.16. The van der Waals surface area contributed by atoms with Crippen LogP contribution in [0.3, 0.4) is 0 Å². The fourth-order valence-corrected chi connectivity index (χ4v) is 0.857. The quantitative estimate of drug-likeness (QED) is 0.580. The molecule has 0 aromatic carbocycles. The topological polar surface area (TPSA) is 103 Å². The van der Waals surface area contributed by atoms with Gasteiger partial charge < -0.3 is 21.5 Å². The van der Waals surface area contributed by atoms with E-state index in [1.54, 1.807) is 6.07 Å². The zero-order valence-electron chi connectivity index (χ0n) is 7.78. The molecule has 1 aromatic rings. The van der Waals surface area contributed by atoms with Crippen LogP contribution < -0.4 is 16.8 Å². The number of nitrogen functional groups attached to an aromatic ring is 2. The normalized spacial score (nSPS) is 9.50. The summed E-state index contributed by atoms with van der Waals surface area (Å²) in [6, 6.07) is 1.58. The SMILES string of the molecule is COC(=O)CNc1nccc(N)c1N. The number of nitrogens with two attached hydrogens (primary N) is 2. The molecule has 0 fully saturated rings. The first-order valence-corrected chi connectivity index (χ1v) is 3.95. The number of carbonyl (C=O) groups is 1. The van der Waals surface area contributed by atoms with Gasteiger partial charge in [0.25, 0.3) is 0 Å². The molecule has 5 N–H and O–H groups in total. The smallest absolute Gasteiger partial charge is 0.325 e. The third-order valence-corrected chi connectivity index (χ3v) is 1.65. The minimum Gasteiger partial charge on any atom is -0.468 e. The van der Waals surface area contributed by atoms with Crippen molar-refractivity contribution < 1.29 is 9.53 Å². The summed E-state index contributed by atoms with van der Waals surface area (Å²) in [7, 11) is 1.31. The standard InChI is InChI=1S/C8H12N4O2/c1-14-6(13)4-12-8-7(10)5(9)2-3-11-8/h2-3H,4,10H2,1H3,(H3,9,11,12). The minimum absolute atomic E-state index is 0.0111. The molecule has 14 heavy (non-hydrogen) atoms. The Hall–Kier alpha value is -1.98. The van der Waals surface area contributed by atoms with E-state index in [-0.39, 0.29) is 6.54 Å². The van der Waals surface area contributed by atoms with Crippen LogP contribution in [0.25, 0.3) is 0 Å². The van der Waals surface area contributed by atoms with E-state index < -0.39 is 5.97 Å². The van der Waals surface area contributed by atoms with Crippen LogP contribution in [0.1, 0.15) is 0 Å². The van der Waals surface area contributed by atoms with Crippen LogP contribution in [0.2, 0.25) is 0 Å². The summed E-state index contributed by atoms with van der Waals surface area (Å²) in [5, 5.41) is 2.71. The van der Waals surface area contributed by atoms with E-state index >= 15 is 0 Å². The lowest BCUT2D eigenvalue weighted by molar-refractivity contribution is -0.138. The summed E-state index contributed by atoms with van der Waals surface area (Å²) in [5.74, 6) is -0.0102. The highest BCUT2D eigenvalue weighted by Crippen LogP contribution is 2.20. The average molecular weight is 196 g/mol. The fourth-order valence-electron chi connectivity index (χ4n) is 0.857. The van der Waals surface area contributed by atoms with Crippen LogP contribution in [0.15, 0.2) is 12.3 Å². The Balaban J connectivity index is 2.68. The van der Waals surface area contributed by atoms with E-state index in [9.17, 15) is 4.79 Å². The molecular formula is C8H12N4O2. The highest BCUT2D eigenvalue weighted by molar-refractivity contribution is 5.79. The molecule has 1 rings (SSSR count). The Morgan fingerprint density at radius 2 is 2.36 bits per heavy atom. The molecule has 0 radical (unpaired) electrons. The molecule has 0 aliphatic heterocycles. The molecule has 0 bridgehead atoms. The number of rotatable bonds is 3. The van der Waals surface area contributed by atoms with Crippen LogP contribution in [0, 0.1) is 0 Å². The van der Waals surface area contributed by atoms with Gasteiger partial charge >= 0.3 is 5.97 Å². The average Bonchev–Trinajstić information content (AvgIpc) is 2.20. The van der Waals surface area contributed by atoms with Gasteiger partial charge in [-0.2, -0.15) is 0 Å². The number of aromatic nitrogens is 1. The Bertz CT molecular complexity index is 340.